The van der Waals surface area contributed by atoms with Crippen LogP contribution in [-0.4, -0.2) is 33.1 Å². The maximum Gasteiger partial charge on any atom is 0.328 e. The Labute approximate surface area is 175 Å². The lowest BCUT2D eigenvalue weighted by Crippen LogP contribution is -2.46. The molecule has 0 fully saturated rings. The second-order valence-corrected chi connectivity index (χ2v) is 19.7. The fourth-order valence-electron chi connectivity index (χ4n) is 2.93. The molecule has 0 heterocycles. The smallest absolute Gasteiger partial charge is 0.328 e. The molecule has 6 heteroatoms. The number of benzene rings is 2. The average Bonchev–Trinajstić information content (AvgIpc) is 2.59. The minimum absolute atomic E-state index is 0.113. The normalized spacial score (nSPS) is 12.2. The molecule has 2 aromatic carbocycles. The lowest BCUT2D eigenvalue weighted by Gasteiger charge is -2.24. The number of carboxylic acids is 1. The van der Waals surface area contributed by atoms with Crippen molar-refractivity contribution < 1.29 is 14.7 Å². The van der Waals surface area contributed by atoms with Crippen LogP contribution in [-0.2, 0) is 4.79 Å². The summed E-state index contributed by atoms with van der Waals surface area (Å²) < 4.78 is 0. The number of anilines is 1. The van der Waals surface area contributed by atoms with Gasteiger partial charge in [-0.15, -0.1) is 0 Å². The van der Waals surface area contributed by atoms with Gasteiger partial charge in [-0.25, -0.2) is 4.79 Å². The van der Waals surface area contributed by atoms with E-state index in [1.165, 1.54) is 10.4 Å². The number of amides is 1. The fraction of sp³-hybridized carbons (Fsp3) is 0.304. The summed E-state index contributed by atoms with van der Waals surface area (Å²) in [6.45, 7) is 15.7. The van der Waals surface area contributed by atoms with E-state index in [-0.39, 0.29) is 5.91 Å². The molecule has 4 nitrogen and oxygen atoms in total. The lowest BCUT2D eigenvalue weighted by molar-refractivity contribution is -0.131. The number of hydrogen-bond acceptors (Lipinski definition) is 2. The van der Waals surface area contributed by atoms with E-state index in [4.69, 9.17) is 5.11 Å². The first-order valence-electron chi connectivity index (χ1n) is 9.76. The first-order chi connectivity index (χ1) is 13.3. The van der Waals surface area contributed by atoms with Crippen molar-refractivity contribution in [2.45, 2.75) is 46.2 Å². The molecule has 2 N–H and O–H groups in total. The van der Waals surface area contributed by atoms with Crippen LogP contribution in [0.4, 0.5) is 5.69 Å². The molecule has 0 atom stereocenters. The standard InChI is InChI=1S/C23H31NO3Si2/c1-16-12-19(10-8-17(16)9-11-22(25)26)24-23(27)18-13-20(28(2,3)4)15-21(14-18)29(5,6)7/h8-15H,1-7H3,(H,24,27)(H,25,26). The molecule has 2 aromatic rings. The van der Waals surface area contributed by atoms with Crippen LogP contribution in [0.1, 0.15) is 21.5 Å². The number of carbonyl (C=O) groups is 2. The molecule has 2 rings (SSSR count). The number of aliphatic carboxylic acids is 1. The Balaban J connectivity index is 2.35. The highest BCUT2D eigenvalue weighted by atomic mass is 28.3. The van der Waals surface area contributed by atoms with Gasteiger partial charge in [-0.1, -0.05) is 73.9 Å². The SMILES string of the molecule is Cc1cc(NC(=O)c2cc([Si](C)(C)C)cc([Si](C)(C)C)c2)ccc1C=CC(=O)O. The maximum atomic E-state index is 13.0. The molecule has 0 spiro atoms. The van der Waals surface area contributed by atoms with Gasteiger partial charge in [0.2, 0.25) is 0 Å². The number of nitrogens with one attached hydrogen (secondary N) is 1. The van der Waals surface area contributed by atoms with Crippen LogP contribution >= 0.6 is 0 Å². The number of carbonyl (C=O) groups excluding carboxylic acids is 1. The van der Waals surface area contributed by atoms with Gasteiger partial charge in [-0.05, 0) is 36.3 Å². The molecule has 0 aliphatic carbocycles. The Kier molecular flexibility index (Phi) is 6.70. The molecule has 1 amide bonds. The minimum Gasteiger partial charge on any atom is -0.478 e. The van der Waals surface area contributed by atoms with E-state index in [2.05, 4.69) is 50.7 Å². The quantitative estimate of drug-likeness (QED) is 0.531. The van der Waals surface area contributed by atoms with Crippen molar-refractivity contribution in [3.63, 3.8) is 0 Å². The van der Waals surface area contributed by atoms with Crippen molar-refractivity contribution in [1.29, 1.82) is 0 Å². The van der Waals surface area contributed by atoms with Gasteiger partial charge in [0.15, 0.2) is 0 Å². The van der Waals surface area contributed by atoms with Crippen molar-refractivity contribution >= 4 is 50.2 Å². The molecule has 0 saturated heterocycles. The highest BCUT2D eigenvalue weighted by Gasteiger charge is 2.24. The molecular weight excluding hydrogens is 394 g/mol. The molecule has 0 aliphatic rings. The molecule has 0 radical (unpaired) electrons. The number of aryl methyl sites for hydroxylation is 1. The fourth-order valence-corrected chi connectivity index (χ4v) is 5.43. The van der Waals surface area contributed by atoms with Gasteiger partial charge in [0.1, 0.15) is 0 Å². The second kappa shape index (κ2) is 8.51. The molecular formula is C23H31NO3Si2. The maximum absolute atomic E-state index is 13.0. The predicted octanol–water partition coefficient (Wildman–Crippen LogP) is 4.44. The van der Waals surface area contributed by atoms with Crippen LogP contribution in [0.15, 0.2) is 42.5 Å². The van der Waals surface area contributed by atoms with Crippen LogP contribution in [0.5, 0.6) is 0 Å². The van der Waals surface area contributed by atoms with E-state index >= 15 is 0 Å². The van der Waals surface area contributed by atoms with Crippen molar-refractivity contribution in [2.24, 2.45) is 0 Å². The van der Waals surface area contributed by atoms with E-state index in [1.807, 2.05) is 31.2 Å². The zero-order valence-electron chi connectivity index (χ0n) is 18.4. The monoisotopic (exact) mass is 425 g/mol. The predicted molar refractivity (Wildman–Crippen MR) is 128 cm³/mol. The molecule has 0 saturated carbocycles. The zero-order chi connectivity index (χ0) is 22.0. The van der Waals surface area contributed by atoms with Crippen LogP contribution < -0.4 is 15.7 Å². The Hall–Kier alpha value is -2.45. The number of carboxylic acid groups (broad SMARTS) is 1. The van der Waals surface area contributed by atoms with Gasteiger partial charge >= 0.3 is 5.97 Å². The Morgan fingerprint density at radius 3 is 1.90 bits per heavy atom. The third-order valence-corrected chi connectivity index (χ3v) is 8.90. The first kappa shape index (κ1) is 22.8. The summed E-state index contributed by atoms with van der Waals surface area (Å²) in [6, 6.07) is 11.9. The first-order valence-corrected chi connectivity index (χ1v) is 16.8. The van der Waals surface area contributed by atoms with Crippen LogP contribution in [0.25, 0.3) is 6.08 Å². The minimum atomic E-state index is -1.56. The topological polar surface area (TPSA) is 66.4 Å². The Bertz CT molecular complexity index is 935. The van der Waals surface area contributed by atoms with Gasteiger partial charge in [-0.2, -0.15) is 0 Å². The van der Waals surface area contributed by atoms with E-state index in [0.29, 0.717) is 11.3 Å². The van der Waals surface area contributed by atoms with Gasteiger partial charge in [-0.3, -0.25) is 4.79 Å². The van der Waals surface area contributed by atoms with E-state index in [9.17, 15) is 9.59 Å². The summed E-state index contributed by atoms with van der Waals surface area (Å²) in [5, 5.41) is 14.4. The van der Waals surface area contributed by atoms with E-state index in [0.717, 1.165) is 17.2 Å². The molecule has 0 aliphatic heterocycles. The van der Waals surface area contributed by atoms with Crippen molar-refractivity contribution in [2.75, 3.05) is 5.32 Å². The second-order valence-electron chi connectivity index (χ2n) is 9.50. The van der Waals surface area contributed by atoms with E-state index in [1.54, 1.807) is 12.1 Å². The summed E-state index contributed by atoms with van der Waals surface area (Å²) in [4.78, 5) is 23.7. The van der Waals surface area contributed by atoms with Gasteiger partial charge in [0.25, 0.3) is 5.91 Å². The van der Waals surface area contributed by atoms with E-state index < -0.39 is 22.1 Å². The van der Waals surface area contributed by atoms with Crippen LogP contribution in [0, 0.1) is 6.92 Å². The Morgan fingerprint density at radius 1 is 0.897 bits per heavy atom. The summed E-state index contributed by atoms with van der Waals surface area (Å²) in [5.74, 6) is -1.10. The van der Waals surface area contributed by atoms with Crippen LogP contribution in [0.3, 0.4) is 0 Å². The highest BCUT2D eigenvalue weighted by molar-refractivity contribution is 6.91. The highest BCUT2D eigenvalue weighted by Crippen LogP contribution is 2.18. The van der Waals surface area contributed by atoms with Crippen LogP contribution in [0.2, 0.25) is 39.3 Å². The van der Waals surface area contributed by atoms with Crippen molar-refractivity contribution in [3.8, 4) is 0 Å². The number of rotatable bonds is 6. The van der Waals surface area contributed by atoms with Gasteiger partial charge in [0.05, 0.1) is 16.1 Å². The lowest BCUT2D eigenvalue weighted by atomic mass is 10.1. The molecule has 0 aromatic heterocycles. The zero-order valence-corrected chi connectivity index (χ0v) is 20.4. The van der Waals surface area contributed by atoms with Gasteiger partial charge < -0.3 is 10.4 Å². The van der Waals surface area contributed by atoms with Crippen molar-refractivity contribution in [3.05, 3.63) is 59.2 Å². The third kappa shape index (κ3) is 6.27. The van der Waals surface area contributed by atoms with Gasteiger partial charge in [0, 0.05) is 17.3 Å². The summed E-state index contributed by atoms with van der Waals surface area (Å²) >= 11 is 0. The summed E-state index contributed by atoms with van der Waals surface area (Å²) in [6.07, 6.45) is 2.67. The molecule has 29 heavy (non-hydrogen) atoms. The number of hydrogen-bond donors (Lipinski definition) is 2. The largest absolute Gasteiger partial charge is 0.478 e. The summed E-state index contributed by atoms with van der Waals surface area (Å²) in [5.41, 5.74) is 3.12. The molecule has 0 bridgehead atoms. The molecule has 0 unspecified atom stereocenters. The Morgan fingerprint density at radius 2 is 1.45 bits per heavy atom. The molecule has 154 valence electrons. The third-order valence-electron chi connectivity index (χ3n) is 4.86. The average molecular weight is 426 g/mol. The van der Waals surface area contributed by atoms with Crippen molar-refractivity contribution in [1.82, 2.24) is 0 Å². The summed E-state index contributed by atoms with van der Waals surface area (Å²) in [7, 11) is -3.12.